The van der Waals surface area contributed by atoms with Gasteiger partial charge in [-0.15, -0.1) is 0 Å². The quantitative estimate of drug-likeness (QED) is 0.209. The van der Waals surface area contributed by atoms with Crippen molar-refractivity contribution in [3.05, 3.63) is 117 Å². The molecule has 2 fully saturated rings. The minimum absolute atomic E-state index is 0.0520. The lowest BCUT2D eigenvalue weighted by Gasteiger charge is -2.34. The van der Waals surface area contributed by atoms with E-state index in [0.29, 0.717) is 41.1 Å². The number of para-hydroxylation sites is 1. The lowest BCUT2D eigenvalue weighted by Crippen LogP contribution is -2.37. The number of halogens is 1. The monoisotopic (exact) mass is 639 g/mol. The van der Waals surface area contributed by atoms with Crippen molar-refractivity contribution in [2.75, 3.05) is 31.6 Å². The number of piperidine rings is 2. The van der Waals surface area contributed by atoms with Crippen LogP contribution in [0.25, 0.3) is 11.0 Å². The number of ether oxygens (including phenoxy) is 1. The van der Waals surface area contributed by atoms with Crippen LogP contribution in [0.5, 0.6) is 5.75 Å². The smallest absolute Gasteiger partial charge is 0.287 e. The van der Waals surface area contributed by atoms with Gasteiger partial charge in [0.05, 0.1) is 18.5 Å². The molecular formula is C37H38ClN3O5. The van der Waals surface area contributed by atoms with Crippen LogP contribution < -0.4 is 20.4 Å². The van der Waals surface area contributed by atoms with Crippen LogP contribution >= 0.6 is 11.6 Å². The predicted molar refractivity (Wildman–Crippen MR) is 181 cm³/mol. The van der Waals surface area contributed by atoms with Crippen molar-refractivity contribution >= 4 is 40.1 Å². The Bertz CT molecular complexity index is 1810. The Kier molecular flexibility index (Phi) is 9.73. The highest BCUT2D eigenvalue weighted by molar-refractivity contribution is 6.30. The zero-order chi connectivity index (χ0) is 32.0. The summed E-state index contributed by atoms with van der Waals surface area (Å²) in [6, 6.07) is 21.8. The summed E-state index contributed by atoms with van der Waals surface area (Å²) in [6.45, 7) is 3.12. The fraction of sp³-hybridized carbons (Fsp3) is 0.324. The van der Waals surface area contributed by atoms with Crippen LogP contribution in [0.1, 0.15) is 53.8 Å². The molecule has 9 heteroatoms. The average molecular weight is 640 g/mol. The van der Waals surface area contributed by atoms with Gasteiger partial charge >= 0.3 is 0 Å². The van der Waals surface area contributed by atoms with Crippen LogP contribution in [-0.2, 0) is 17.8 Å². The number of hydrogen-bond donors (Lipinski definition) is 1. The van der Waals surface area contributed by atoms with E-state index in [1.165, 1.54) is 30.0 Å². The third-order valence-corrected chi connectivity index (χ3v) is 9.05. The Hall–Kier alpha value is -4.56. The maximum absolute atomic E-state index is 13.5. The van der Waals surface area contributed by atoms with Crippen molar-refractivity contribution < 1.29 is 18.7 Å². The van der Waals surface area contributed by atoms with E-state index >= 15 is 0 Å². The molecule has 6 rings (SSSR count). The summed E-state index contributed by atoms with van der Waals surface area (Å²) in [7, 11) is 1.53. The van der Waals surface area contributed by atoms with Gasteiger partial charge in [0.25, 0.3) is 5.91 Å². The molecule has 0 saturated carbocycles. The highest BCUT2D eigenvalue weighted by atomic mass is 35.5. The van der Waals surface area contributed by atoms with E-state index in [1.807, 2.05) is 35.2 Å². The van der Waals surface area contributed by atoms with Gasteiger partial charge in [0.15, 0.2) is 11.2 Å². The average Bonchev–Trinajstić information content (AvgIpc) is 3.07. The van der Waals surface area contributed by atoms with Crippen LogP contribution in [0.4, 0.5) is 5.69 Å². The molecule has 2 aliphatic rings. The van der Waals surface area contributed by atoms with Gasteiger partial charge in [0.2, 0.25) is 5.91 Å². The number of nitrogens with zero attached hydrogens (tertiary/aromatic N) is 2. The molecule has 1 N–H and O–H groups in total. The first kappa shape index (κ1) is 31.4. The van der Waals surface area contributed by atoms with Gasteiger partial charge in [-0.2, -0.15) is 0 Å². The molecule has 2 saturated heterocycles. The first-order chi connectivity index (χ1) is 22.4. The fourth-order valence-electron chi connectivity index (χ4n) is 6.31. The maximum atomic E-state index is 13.5. The van der Waals surface area contributed by atoms with Crippen LogP contribution in [0.3, 0.4) is 0 Å². The second-order valence-electron chi connectivity index (χ2n) is 12.0. The van der Waals surface area contributed by atoms with E-state index in [0.717, 1.165) is 50.9 Å². The van der Waals surface area contributed by atoms with Crippen molar-refractivity contribution in [2.45, 2.75) is 51.1 Å². The predicted octanol–water partition coefficient (Wildman–Crippen LogP) is 6.54. The molecule has 0 unspecified atom stereocenters. The molecule has 0 aliphatic carbocycles. The molecule has 0 spiro atoms. The minimum Gasteiger partial charge on any atom is -0.497 e. The molecular weight excluding hydrogens is 602 g/mol. The zero-order valence-electron chi connectivity index (χ0n) is 26.0. The van der Waals surface area contributed by atoms with Gasteiger partial charge in [0.1, 0.15) is 11.3 Å². The summed E-state index contributed by atoms with van der Waals surface area (Å²) in [5.74, 6) is 0.258. The number of fused-ring (bicyclic) bond motifs is 1. The molecule has 8 nitrogen and oxygen atoms in total. The fourth-order valence-corrected chi connectivity index (χ4v) is 6.44. The van der Waals surface area contributed by atoms with Gasteiger partial charge in [0, 0.05) is 55.4 Å². The topological polar surface area (TPSA) is 92.1 Å². The number of hydrogen-bond acceptors (Lipinski definition) is 6. The Balaban J connectivity index is 1.19. The third kappa shape index (κ3) is 7.45. The molecule has 2 aliphatic heterocycles. The standard InChI is InChI=1S/C37H38ClN3O5/c1-45-30-13-14-31-33(42)23-35(46-34(31)22-30)37(44)39-29(20-25-9-11-28(38)12-10-25)21-26-15-18-40(19-16-26)32-7-3-2-6-27(32)24-41-17-5-4-8-36(41)43/h2-3,6-7,9-14,21-23,29H,4-5,8,15-20,24H2,1H3,(H,39,44)/t29-/m1/s1. The van der Waals surface area contributed by atoms with Crippen molar-refractivity contribution in [3.63, 3.8) is 0 Å². The number of anilines is 1. The van der Waals surface area contributed by atoms with E-state index in [-0.39, 0.29) is 23.1 Å². The van der Waals surface area contributed by atoms with Crippen molar-refractivity contribution in [2.24, 2.45) is 0 Å². The summed E-state index contributed by atoms with van der Waals surface area (Å²) in [5.41, 5.74) is 4.63. The highest BCUT2D eigenvalue weighted by Gasteiger charge is 2.23. The van der Waals surface area contributed by atoms with Crippen LogP contribution in [0, 0.1) is 0 Å². The molecule has 4 aromatic rings. The summed E-state index contributed by atoms with van der Waals surface area (Å²) in [5, 5.41) is 4.13. The number of rotatable bonds is 9. The van der Waals surface area contributed by atoms with Gasteiger partial charge in [-0.05, 0) is 73.6 Å². The van der Waals surface area contributed by atoms with E-state index in [1.54, 1.807) is 18.2 Å². The normalized spacial score (nSPS) is 16.0. The lowest BCUT2D eigenvalue weighted by molar-refractivity contribution is -0.133. The Morgan fingerprint density at radius 1 is 0.978 bits per heavy atom. The largest absolute Gasteiger partial charge is 0.497 e. The Morgan fingerprint density at radius 2 is 1.76 bits per heavy atom. The number of carbonyl (C=O) groups excluding carboxylic acids is 2. The minimum atomic E-state index is -0.462. The summed E-state index contributed by atoms with van der Waals surface area (Å²) in [4.78, 5) is 43.2. The lowest BCUT2D eigenvalue weighted by atomic mass is 9.97. The summed E-state index contributed by atoms with van der Waals surface area (Å²) < 4.78 is 11.1. The zero-order valence-corrected chi connectivity index (χ0v) is 26.7. The molecule has 238 valence electrons. The van der Waals surface area contributed by atoms with Crippen molar-refractivity contribution in [1.82, 2.24) is 10.2 Å². The third-order valence-electron chi connectivity index (χ3n) is 8.80. The molecule has 0 radical (unpaired) electrons. The second-order valence-corrected chi connectivity index (χ2v) is 12.4. The van der Waals surface area contributed by atoms with Crippen LogP contribution in [0.15, 0.2) is 93.7 Å². The molecule has 2 amide bonds. The number of nitrogens with one attached hydrogen (secondary N) is 1. The first-order valence-electron chi connectivity index (χ1n) is 15.8. The molecule has 0 bridgehead atoms. The number of benzene rings is 3. The van der Waals surface area contributed by atoms with Crippen molar-refractivity contribution in [1.29, 1.82) is 0 Å². The highest BCUT2D eigenvalue weighted by Crippen LogP contribution is 2.29. The van der Waals surface area contributed by atoms with Gasteiger partial charge in [-0.3, -0.25) is 14.4 Å². The summed E-state index contributed by atoms with van der Waals surface area (Å²) >= 11 is 6.13. The van der Waals surface area contributed by atoms with Gasteiger partial charge < -0.3 is 24.3 Å². The first-order valence-corrected chi connectivity index (χ1v) is 16.2. The molecule has 46 heavy (non-hydrogen) atoms. The SMILES string of the molecule is COc1ccc2c(=O)cc(C(=O)N[C@@H](C=C3CCN(c4ccccc4CN4CCCCC4=O)CC3)Cc3ccc(Cl)cc3)oc2c1. The second kappa shape index (κ2) is 14.3. The van der Waals surface area contributed by atoms with Gasteiger partial charge in [-0.1, -0.05) is 53.6 Å². The molecule has 3 heterocycles. The molecule has 1 atom stereocenters. The molecule has 1 aromatic heterocycles. The maximum Gasteiger partial charge on any atom is 0.287 e. The number of amides is 2. The molecule has 3 aromatic carbocycles. The van der Waals surface area contributed by atoms with E-state index in [9.17, 15) is 14.4 Å². The van der Waals surface area contributed by atoms with Crippen LogP contribution in [-0.4, -0.2) is 49.5 Å². The van der Waals surface area contributed by atoms with Gasteiger partial charge in [-0.25, -0.2) is 0 Å². The number of likely N-dealkylation sites (tertiary alicyclic amines) is 1. The Labute approximate surface area is 273 Å². The van der Waals surface area contributed by atoms with E-state index in [4.69, 9.17) is 20.8 Å². The number of carbonyl (C=O) groups is 2. The Morgan fingerprint density at radius 3 is 2.52 bits per heavy atom. The van der Waals surface area contributed by atoms with E-state index < -0.39 is 5.91 Å². The van der Waals surface area contributed by atoms with Crippen molar-refractivity contribution in [3.8, 4) is 5.75 Å². The summed E-state index contributed by atoms with van der Waals surface area (Å²) in [6.07, 6.45) is 7.04. The van der Waals surface area contributed by atoms with E-state index in [2.05, 4.69) is 34.5 Å². The number of methoxy groups -OCH3 is 1. The van der Waals surface area contributed by atoms with Crippen LogP contribution in [0.2, 0.25) is 5.02 Å².